The molecule has 2 rings (SSSR count). The van der Waals surface area contributed by atoms with Crippen LogP contribution in [0.25, 0.3) is 0 Å². The van der Waals surface area contributed by atoms with Gasteiger partial charge in [-0.2, -0.15) is 0 Å². The van der Waals surface area contributed by atoms with Gasteiger partial charge in [0.15, 0.2) is 0 Å². The quantitative estimate of drug-likeness (QED) is 0.854. The van der Waals surface area contributed by atoms with E-state index in [0.717, 1.165) is 26.2 Å². The number of likely N-dealkylation sites (N-methyl/N-ethyl adjacent to an activating group) is 2. The minimum absolute atomic E-state index is 0.605. The summed E-state index contributed by atoms with van der Waals surface area (Å²) in [5, 5.41) is 3.29. The molecule has 0 radical (unpaired) electrons. The van der Waals surface area contributed by atoms with Crippen LogP contribution in [-0.4, -0.2) is 60.6 Å². The molecular formula is C14H24N4. The molecule has 2 atom stereocenters. The lowest BCUT2D eigenvalue weighted by Gasteiger charge is -2.43. The van der Waals surface area contributed by atoms with Crippen molar-refractivity contribution in [2.45, 2.75) is 25.6 Å². The minimum Gasteiger partial charge on any atom is -0.318 e. The lowest BCUT2D eigenvalue weighted by molar-refractivity contribution is 0.0477. The Bertz CT molecular complexity index is 354. The molecule has 1 aromatic rings. The Morgan fingerprint density at radius 2 is 2.06 bits per heavy atom. The highest BCUT2D eigenvalue weighted by atomic mass is 15.3. The van der Waals surface area contributed by atoms with Gasteiger partial charge in [0, 0.05) is 50.7 Å². The number of hydrogen-bond acceptors (Lipinski definition) is 4. The van der Waals surface area contributed by atoms with E-state index in [1.807, 2.05) is 19.4 Å². The van der Waals surface area contributed by atoms with Gasteiger partial charge >= 0.3 is 0 Å². The maximum absolute atomic E-state index is 4.08. The van der Waals surface area contributed by atoms with Crippen molar-refractivity contribution in [2.75, 3.05) is 33.7 Å². The molecule has 0 amide bonds. The Kier molecular flexibility index (Phi) is 4.69. The van der Waals surface area contributed by atoms with Crippen LogP contribution in [0.3, 0.4) is 0 Å². The van der Waals surface area contributed by atoms with Gasteiger partial charge in [-0.3, -0.25) is 14.8 Å². The molecule has 0 saturated carbocycles. The fraction of sp³-hybridized carbons (Fsp3) is 0.643. The maximum atomic E-state index is 4.08. The van der Waals surface area contributed by atoms with Crippen molar-refractivity contribution in [3.8, 4) is 0 Å². The second kappa shape index (κ2) is 6.27. The molecule has 0 spiro atoms. The van der Waals surface area contributed by atoms with Gasteiger partial charge in [0.05, 0.1) is 0 Å². The van der Waals surface area contributed by atoms with Gasteiger partial charge in [-0.05, 0) is 38.7 Å². The Balaban J connectivity index is 1.99. The molecule has 4 heteroatoms. The summed E-state index contributed by atoms with van der Waals surface area (Å²) < 4.78 is 0. The SMILES string of the molecule is CNCC1CN(Cc2ccncc2)C(C)CN1C. The van der Waals surface area contributed by atoms with E-state index in [0.29, 0.717) is 12.1 Å². The van der Waals surface area contributed by atoms with E-state index >= 15 is 0 Å². The molecule has 1 aliphatic heterocycles. The van der Waals surface area contributed by atoms with Crippen molar-refractivity contribution >= 4 is 0 Å². The molecular weight excluding hydrogens is 224 g/mol. The van der Waals surface area contributed by atoms with Crippen LogP contribution in [0.4, 0.5) is 0 Å². The molecule has 4 nitrogen and oxygen atoms in total. The molecule has 100 valence electrons. The fourth-order valence-electron chi connectivity index (χ4n) is 2.67. The molecule has 1 N–H and O–H groups in total. The number of nitrogens with one attached hydrogen (secondary N) is 1. The molecule has 1 saturated heterocycles. The van der Waals surface area contributed by atoms with Gasteiger partial charge in [0.25, 0.3) is 0 Å². The first-order chi connectivity index (χ1) is 8.70. The second-order valence-corrected chi connectivity index (χ2v) is 5.29. The van der Waals surface area contributed by atoms with Crippen LogP contribution in [-0.2, 0) is 6.54 Å². The Morgan fingerprint density at radius 3 is 2.72 bits per heavy atom. The number of piperazine rings is 1. The van der Waals surface area contributed by atoms with Crippen molar-refractivity contribution in [1.29, 1.82) is 0 Å². The topological polar surface area (TPSA) is 31.4 Å². The third-order valence-electron chi connectivity index (χ3n) is 3.82. The van der Waals surface area contributed by atoms with E-state index in [1.54, 1.807) is 0 Å². The van der Waals surface area contributed by atoms with E-state index < -0.39 is 0 Å². The minimum atomic E-state index is 0.605. The monoisotopic (exact) mass is 248 g/mol. The van der Waals surface area contributed by atoms with Crippen molar-refractivity contribution in [2.24, 2.45) is 0 Å². The summed E-state index contributed by atoms with van der Waals surface area (Å²) in [4.78, 5) is 9.11. The van der Waals surface area contributed by atoms with E-state index in [1.165, 1.54) is 5.56 Å². The maximum Gasteiger partial charge on any atom is 0.0345 e. The number of hydrogen-bond donors (Lipinski definition) is 1. The normalized spacial score (nSPS) is 26.4. The Labute approximate surface area is 110 Å². The molecule has 18 heavy (non-hydrogen) atoms. The zero-order valence-corrected chi connectivity index (χ0v) is 11.6. The standard InChI is InChI=1S/C14H24N4/c1-12-9-17(3)14(8-15-2)11-18(12)10-13-4-6-16-7-5-13/h4-7,12,14-15H,8-11H2,1-3H3. The first-order valence-electron chi connectivity index (χ1n) is 6.68. The lowest BCUT2D eigenvalue weighted by Crippen LogP contribution is -2.58. The number of rotatable bonds is 4. The average Bonchev–Trinajstić information content (AvgIpc) is 2.37. The van der Waals surface area contributed by atoms with Crippen LogP contribution in [0, 0.1) is 0 Å². The smallest absolute Gasteiger partial charge is 0.0345 e. The first kappa shape index (κ1) is 13.5. The fourth-order valence-corrected chi connectivity index (χ4v) is 2.67. The van der Waals surface area contributed by atoms with Gasteiger partial charge in [-0.25, -0.2) is 0 Å². The third-order valence-corrected chi connectivity index (χ3v) is 3.82. The van der Waals surface area contributed by atoms with E-state index in [-0.39, 0.29) is 0 Å². The van der Waals surface area contributed by atoms with Gasteiger partial charge in [0.2, 0.25) is 0 Å². The first-order valence-corrected chi connectivity index (χ1v) is 6.68. The summed E-state index contributed by atoms with van der Waals surface area (Å²) in [6.07, 6.45) is 3.75. The van der Waals surface area contributed by atoms with Gasteiger partial charge < -0.3 is 5.32 Å². The summed E-state index contributed by atoms with van der Waals surface area (Å²) in [7, 11) is 4.25. The molecule has 0 aliphatic carbocycles. The number of pyridine rings is 1. The summed E-state index contributed by atoms with van der Waals surface area (Å²) in [5.74, 6) is 0. The molecule has 1 fully saturated rings. The molecule has 2 unspecified atom stereocenters. The number of nitrogens with zero attached hydrogens (tertiary/aromatic N) is 3. The number of aromatic nitrogens is 1. The zero-order valence-electron chi connectivity index (χ0n) is 11.6. The molecule has 1 aliphatic rings. The van der Waals surface area contributed by atoms with Crippen LogP contribution in [0.2, 0.25) is 0 Å². The van der Waals surface area contributed by atoms with Crippen LogP contribution in [0.1, 0.15) is 12.5 Å². The molecule has 0 bridgehead atoms. The van der Waals surface area contributed by atoms with Gasteiger partial charge in [-0.15, -0.1) is 0 Å². The van der Waals surface area contributed by atoms with E-state index in [9.17, 15) is 0 Å². The highest BCUT2D eigenvalue weighted by Crippen LogP contribution is 2.16. The third kappa shape index (κ3) is 3.28. The Morgan fingerprint density at radius 1 is 1.33 bits per heavy atom. The summed E-state index contributed by atoms with van der Waals surface area (Å²) in [6, 6.07) is 5.43. The predicted molar refractivity (Wildman–Crippen MR) is 74.5 cm³/mol. The largest absolute Gasteiger partial charge is 0.318 e. The van der Waals surface area contributed by atoms with Crippen LogP contribution in [0.15, 0.2) is 24.5 Å². The van der Waals surface area contributed by atoms with Crippen LogP contribution in [0.5, 0.6) is 0 Å². The summed E-state index contributed by atoms with van der Waals surface area (Å²) in [5.41, 5.74) is 1.35. The summed E-state index contributed by atoms with van der Waals surface area (Å²) >= 11 is 0. The van der Waals surface area contributed by atoms with Crippen molar-refractivity contribution in [3.05, 3.63) is 30.1 Å². The average molecular weight is 248 g/mol. The lowest BCUT2D eigenvalue weighted by atomic mass is 10.1. The highest BCUT2D eigenvalue weighted by Gasteiger charge is 2.28. The summed E-state index contributed by atoms with van der Waals surface area (Å²) in [6.45, 7) is 6.65. The van der Waals surface area contributed by atoms with Gasteiger partial charge in [-0.1, -0.05) is 0 Å². The zero-order chi connectivity index (χ0) is 13.0. The second-order valence-electron chi connectivity index (χ2n) is 5.29. The van der Waals surface area contributed by atoms with Crippen molar-refractivity contribution in [3.63, 3.8) is 0 Å². The molecule has 1 aromatic heterocycles. The molecule has 0 aromatic carbocycles. The van der Waals surface area contributed by atoms with E-state index in [2.05, 4.69) is 46.2 Å². The van der Waals surface area contributed by atoms with Crippen molar-refractivity contribution < 1.29 is 0 Å². The van der Waals surface area contributed by atoms with Crippen LogP contribution >= 0.6 is 0 Å². The molecule has 2 heterocycles. The van der Waals surface area contributed by atoms with Crippen molar-refractivity contribution in [1.82, 2.24) is 20.1 Å². The highest BCUT2D eigenvalue weighted by molar-refractivity contribution is 5.10. The predicted octanol–water partition coefficient (Wildman–Crippen LogP) is 0.805. The van der Waals surface area contributed by atoms with Crippen LogP contribution < -0.4 is 5.32 Å². The van der Waals surface area contributed by atoms with Gasteiger partial charge in [0.1, 0.15) is 0 Å². The van der Waals surface area contributed by atoms with E-state index in [4.69, 9.17) is 0 Å². The Hall–Kier alpha value is -0.970.